The summed E-state index contributed by atoms with van der Waals surface area (Å²) in [5, 5.41) is 18.5. The van der Waals surface area contributed by atoms with Crippen molar-refractivity contribution in [2.45, 2.75) is 26.5 Å². The summed E-state index contributed by atoms with van der Waals surface area (Å²) < 4.78 is 0. The molecule has 120 valence electrons. The van der Waals surface area contributed by atoms with Crippen LogP contribution in [-0.2, 0) is 0 Å². The summed E-state index contributed by atoms with van der Waals surface area (Å²) in [5.41, 5.74) is -0.226. The first kappa shape index (κ1) is 17.8. The fraction of sp³-hybridized carbons (Fsp3) is 0.400. The summed E-state index contributed by atoms with van der Waals surface area (Å²) in [5.74, 6) is 0.315. The lowest BCUT2D eigenvalue weighted by Crippen LogP contribution is -2.30. The predicted octanol–water partition coefficient (Wildman–Crippen LogP) is 1.31. The van der Waals surface area contributed by atoms with Crippen LogP contribution in [0.2, 0.25) is 0 Å². The molecule has 1 heterocycles. The van der Waals surface area contributed by atoms with Gasteiger partial charge in [-0.05, 0) is 26.3 Å². The highest BCUT2D eigenvalue weighted by atomic mass is 16.3. The Morgan fingerprint density at radius 1 is 1.64 bits per heavy atom. The second-order valence-electron chi connectivity index (χ2n) is 4.42. The standard InChI is InChI=1S/C15H23N5O2/c1-4-7-8-10-16-13(21)12-11-17-15(19-14(12)22)20(6-3)18-9-5-2/h4-5,7,9,11,13,16,21H,2,6,8,10H2,1,3H3,(H,17,19,22)/b7-4-,18-9-. The normalized spacial score (nSPS) is 12.9. The molecule has 0 bridgehead atoms. The Morgan fingerprint density at radius 3 is 3.00 bits per heavy atom. The molecule has 3 N–H and O–H groups in total. The number of hydrazone groups is 1. The number of allylic oxidation sites excluding steroid dienone is 2. The lowest BCUT2D eigenvalue weighted by atomic mass is 10.3. The summed E-state index contributed by atoms with van der Waals surface area (Å²) in [4.78, 5) is 18.8. The maximum atomic E-state index is 12.1. The Labute approximate surface area is 130 Å². The molecule has 0 aromatic carbocycles. The fourth-order valence-corrected chi connectivity index (χ4v) is 1.71. The van der Waals surface area contributed by atoms with E-state index in [0.717, 1.165) is 6.42 Å². The zero-order valence-corrected chi connectivity index (χ0v) is 13.0. The Hall–Kier alpha value is -2.25. The molecule has 7 heteroatoms. The molecule has 0 fully saturated rings. The van der Waals surface area contributed by atoms with Gasteiger partial charge in [-0.1, -0.05) is 18.7 Å². The van der Waals surface area contributed by atoms with Crippen molar-refractivity contribution in [1.29, 1.82) is 0 Å². The SMILES string of the molecule is C=C/C=N\N(CC)c1ncc(C(O)NCC/C=C\C)c(=O)[nH]1. The Morgan fingerprint density at radius 2 is 2.41 bits per heavy atom. The molecule has 1 rings (SSSR count). The number of rotatable bonds is 9. The van der Waals surface area contributed by atoms with Gasteiger partial charge in [0, 0.05) is 25.5 Å². The summed E-state index contributed by atoms with van der Waals surface area (Å²) in [6.07, 6.45) is 8.03. The minimum atomic E-state index is -1.05. The lowest BCUT2D eigenvalue weighted by Gasteiger charge is -2.16. The second-order valence-corrected chi connectivity index (χ2v) is 4.42. The smallest absolute Gasteiger partial charge is 0.259 e. The lowest BCUT2D eigenvalue weighted by molar-refractivity contribution is 0.138. The second kappa shape index (κ2) is 9.64. The van der Waals surface area contributed by atoms with Gasteiger partial charge in [-0.15, -0.1) is 0 Å². The van der Waals surface area contributed by atoms with E-state index >= 15 is 0 Å². The van der Waals surface area contributed by atoms with Crippen molar-refractivity contribution < 1.29 is 5.11 Å². The minimum absolute atomic E-state index is 0.174. The van der Waals surface area contributed by atoms with Crippen LogP contribution in [0.25, 0.3) is 0 Å². The molecular weight excluding hydrogens is 282 g/mol. The summed E-state index contributed by atoms with van der Waals surface area (Å²) >= 11 is 0. The molecule has 0 saturated heterocycles. The van der Waals surface area contributed by atoms with Gasteiger partial charge >= 0.3 is 0 Å². The predicted molar refractivity (Wildman–Crippen MR) is 89.0 cm³/mol. The van der Waals surface area contributed by atoms with Gasteiger partial charge in [0.05, 0.1) is 5.56 Å². The van der Waals surface area contributed by atoms with Crippen LogP contribution in [0.4, 0.5) is 5.95 Å². The van der Waals surface area contributed by atoms with Crippen LogP contribution in [0, 0.1) is 0 Å². The molecule has 0 amide bonds. The van der Waals surface area contributed by atoms with E-state index in [1.54, 1.807) is 0 Å². The number of H-pyrrole nitrogens is 1. The number of nitrogens with zero attached hydrogens (tertiary/aromatic N) is 3. The van der Waals surface area contributed by atoms with Crippen molar-refractivity contribution in [2.24, 2.45) is 5.10 Å². The first-order valence-corrected chi connectivity index (χ1v) is 7.18. The third kappa shape index (κ3) is 5.27. The monoisotopic (exact) mass is 305 g/mol. The molecule has 0 radical (unpaired) electrons. The molecular formula is C15H23N5O2. The zero-order chi connectivity index (χ0) is 16.4. The number of anilines is 1. The van der Waals surface area contributed by atoms with Crippen molar-refractivity contribution in [3.63, 3.8) is 0 Å². The average molecular weight is 305 g/mol. The Balaban J connectivity index is 2.82. The summed E-state index contributed by atoms with van der Waals surface area (Å²) in [6, 6.07) is 0. The van der Waals surface area contributed by atoms with Gasteiger partial charge in [0.25, 0.3) is 5.56 Å². The van der Waals surface area contributed by atoms with Crippen molar-refractivity contribution in [1.82, 2.24) is 15.3 Å². The molecule has 0 aliphatic carbocycles. The number of aromatic nitrogens is 2. The maximum absolute atomic E-state index is 12.1. The van der Waals surface area contributed by atoms with E-state index in [9.17, 15) is 9.90 Å². The summed E-state index contributed by atoms with van der Waals surface area (Å²) in [6.45, 7) is 8.46. The topological polar surface area (TPSA) is 93.6 Å². The number of hydrogen-bond acceptors (Lipinski definition) is 6. The molecule has 22 heavy (non-hydrogen) atoms. The maximum Gasteiger partial charge on any atom is 0.259 e. The number of nitrogens with one attached hydrogen (secondary N) is 2. The van der Waals surface area contributed by atoms with Crippen LogP contribution < -0.4 is 15.9 Å². The van der Waals surface area contributed by atoms with E-state index in [0.29, 0.717) is 19.0 Å². The molecule has 0 aliphatic heterocycles. The van der Waals surface area contributed by atoms with Gasteiger partial charge < -0.3 is 5.11 Å². The largest absolute Gasteiger partial charge is 0.374 e. The Kier molecular flexibility index (Phi) is 7.80. The molecule has 7 nitrogen and oxygen atoms in total. The fourth-order valence-electron chi connectivity index (χ4n) is 1.71. The number of aliphatic hydroxyl groups is 1. The van der Waals surface area contributed by atoms with Gasteiger partial charge in [-0.25, -0.2) is 9.99 Å². The van der Waals surface area contributed by atoms with Gasteiger partial charge in [-0.3, -0.25) is 15.1 Å². The van der Waals surface area contributed by atoms with E-state index in [1.165, 1.54) is 23.5 Å². The minimum Gasteiger partial charge on any atom is -0.374 e. The highest BCUT2D eigenvalue weighted by molar-refractivity contribution is 5.71. The molecule has 1 unspecified atom stereocenters. The van der Waals surface area contributed by atoms with Crippen LogP contribution >= 0.6 is 0 Å². The first-order chi connectivity index (χ1) is 10.6. The van der Waals surface area contributed by atoms with Gasteiger partial charge in [0.1, 0.15) is 6.23 Å². The highest BCUT2D eigenvalue weighted by Gasteiger charge is 2.13. The average Bonchev–Trinajstić information content (AvgIpc) is 2.52. The van der Waals surface area contributed by atoms with Crippen LogP contribution in [-0.4, -0.2) is 34.4 Å². The van der Waals surface area contributed by atoms with Gasteiger partial charge in [-0.2, -0.15) is 5.10 Å². The van der Waals surface area contributed by atoms with Crippen LogP contribution in [0.1, 0.15) is 32.1 Å². The van der Waals surface area contributed by atoms with E-state index in [-0.39, 0.29) is 5.56 Å². The van der Waals surface area contributed by atoms with E-state index in [2.05, 4.69) is 27.0 Å². The van der Waals surface area contributed by atoms with Crippen molar-refractivity contribution in [3.05, 3.63) is 46.9 Å². The number of aromatic amines is 1. The molecule has 0 spiro atoms. The van der Waals surface area contributed by atoms with Gasteiger partial charge in [0.15, 0.2) is 0 Å². The summed E-state index contributed by atoms with van der Waals surface area (Å²) in [7, 11) is 0. The third-order valence-electron chi connectivity index (χ3n) is 2.85. The van der Waals surface area contributed by atoms with E-state index < -0.39 is 11.8 Å². The molecule has 1 atom stereocenters. The van der Waals surface area contributed by atoms with Gasteiger partial charge in [0.2, 0.25) is 5.95 Å². The van der Waals surface area contributed by atoms with Crippen molar-refractivity contribution >= 4 is 12.2 Å². The highest BCUT2D eigenvalue weighted by Crippen LogP contribution is 2.08. The van der Waals surface area contributed by atoms with Crippen molar-refractivity contribution in [3.8, 4) is 0 Å². The quantitative estimate of drug-likeness (QED) is 0.210. The Bertz CT molecular complexity index is 580. The van der Waals surface area contributed by atoms with E-state index in [4.69, 9.17) is 0 Å². The van der Waals surface area contributed by atoms with E-state index in [1.807, 2.05) is 26.0 Å². The van der Waals surface area contributed by atoms with Crippen LogP contribution in [0.3, 0.4) is 0 Å². The molecule has 0 saturated carbocycles. The van der Waals surface area contributed by atoms with Crippen LogP contribution in [0.15, 0.2) is 40.9 Å². The first-order valence-electron chi connectivity index (χ1n) is 7.18. The zero-order valence-electron chi connectivity index (χ0n) is 13.0. The number of hydrogen-bond donors (Lipinski definition) is 3. The molecule has 0 aliphatic rings. The van der Waals surface area contributed by atoms with Crippen molar-refractivity contribution in [2.75, 3.05) is 18.1 Å². The van der Waals surface area contributed by atoms with Crippen LogP contribution in [0.5, 0.6) is 0 Å². The molecule has 1 aromatic rings. The number of aliphatic hydroxyl groups excluding tert-OH is 1. The third-order valence-corrected chi connectivity index (χ3v) is 2.85. The molecule has 1 aromatic heterocycles.